The van der Waals surface area contributed by atoms with Gasteiger partial charge >= 0.3 is 0 Å². The molecule has 4 heteroatoms. The molecule has 172 valence electrons. The third-order valence-corrected chi connectivity index (χ3v) is 7.98. The standard InChI is InChI=1S/C27H41NO3/c1-9-18(5)22-19(6)14-26(7)13-17(4)10-11-21(26)23(22)24(29)20-15-27(31-8,12-16(2)3)28-25(20)30/h9,14-17,21-23H,10-13H2,1-8H3,(H,28,30)/b18-9+/t17-,21+,22-,23+,26+,27?/m1/s1. The van der Waals surface area contributed by atoms with E-state index in [1.54, 1.807) is 13.2 Å². The predicted molar refractivity (Wildman–Crippen MR) is 125 cm³/mol. The number of hydrogen-bond acceptors (Lipinski definition) is 3. The number of fused-ring (bicyclic) bond motifs is 1. The predicted octanol–water partition coefficient (Wildman–Crippen LogP) is 5.60. The molecule has 0 radical (unpaired) electrons. The van der Waals surface area contributed by atoms with E-state index in [4.69, 9.17) is 4.74 Å². The van der Waals surface area contributed by atoms with Crippen molar-refractivity contribution >= 4 is 11.7 Å². The Morgan fingerprint density at radius 3 is 2.58 bits per heavy atom. The third-order valence-electron chi connectivity index (χ3n) is 7.98. The van der Waals surface area contributed by atoms with Crippen molar-refractivity contribution in [3.8, 4) is 0 Å². The van der Waals surface area contributed by atoms with Crippen LogP contribution in [0, 0.1) is 35.0 Å². The summed E-state index contributed by atoms with van der Waals surface area (Å²) in [6, 6.07) is 0. The first kappa shape index (κ1) is 24.0. The second kappa shape index (κ2) is 8.69. The highest BCUT2D eigenvalue weighted by atomic mass is 16.5. The Labute approximate surface area is 188 Å². The molecule has 3 rings (SSSR count). The average Bonchev–Trinajstić information content (AvgIpc) is 3.00. The fourth-order valence-electron chi connectivity index (χ4n) is 6.70. The summed E-state index contributed by atoms with van der Waals surface area (Å²) in [4.78, 5) is 27.1. The van der Waals surface area contributed by atoms with Gasteiger partial charge in [0.25, 0.3) is 5.91 Å². The minimum absolute atomic E-state index is 0.00147. The van der Waals surface area contributed by atoms with Crippen LogP contribution in [0.5, 0.6) is 0 Å². The number of ether oxygens (including phenoxy) is 1. The van der Waals surface area contributed by atoms with Crippen LogP contribution in [0.2, 0.25) is 0 Å². The summed E-state index contributed by atoms with van der Waals surface area (Å²) >= 11 is 0. The molecule has 0 aromatic heterocycles. The van der Waals surface area contributed by atoms with Crippen molar-refractivity contribution in [2.75, 3.05) is 7.11 Å². The van der Waals surface area contributed by atoms with Crippen LogP contribution in [-0.4, -0.2) is 24.5 Å². The van der Waals surface area contributed by atoms with Crippen molar-refractivity contribution in [1.82, 2.24) is 5.32 Å². The lowest BCUT2D eigenvalue weighted by molar-refractivity contribution is -0.129. The van der Waals surface area contributed by atoms with Gasteiger partial charge in [0.05, 0.1) is 5.57 Å². The lowest BCUT2D eigenvalue weighted by atomic mass is 9.52. The highest BCUT2D eigenvalue weighted by Gasteiger charge is 2.53. The summed E-state index contributed by atoms with van der Waals surface area (Å²) in [5.74, 6) is 0.777. The topological polar surface area (TPSA) is 55.4 Å². The molecule has 1 heterocycles. The summed E-state index contributed by atoms with van der Waals surface area (Å²) in [5, 5.41) is 2.97. The van der Waals surface area contributed by atoms with Crippen LogP contribution in [-0.2, 0) is 14.3 Å². The van der Waals surface area contributed by atoms with Crippen molar-refractivity contribution in [2.45, 2.75) is 79.9 Å². The van der Waals surface area contributed by atoms with Gasteiger partial charge < -0.3 is 10.1 Å². The van der Waals surface area contributed by atoms with Gasteiger partial charge in [-0.05, 0) is 62.9 Å². The van der Waals surface area contributed by atoms with Gasteiger partial charge in [-0.2, -0.15) is 0 Å². The SMILES string of the molecule is C/C=C(\C)[C@@H]1C(C)=C[C@]2(C)C[C@H](C)CC[C@H]2[C@@H]1C(=O)C1=CC(CC(C)C)(OC)NC1=O. The van der Waals surface area contributed by atoms with Gasteiger partial charge in [-0.1, -0.05) is 57.4 Å². The number of carbonyl (C=O) groups excluding carboxylic acids is 2. The molecule has 1 unspecified atom stereocenters. The molecular formula is C27H41NO3. The van der Waals surface area contributed by atoms with E-state index in [-0.39, 0.29) is 40.4 Å². The summed E-state index contributed by atoms with van der Waals surface area (Å²) in [7, 11) is 1.60. The van der Waals surface area contributed by atoms with E-state index in [1.165, 1.54) is 11.1 Å². The molecule has 0 bridgehead atoms. The van der Waals surface area contributed by atoms with Crippen LogP contribution in [0.15, 0.2) is 34.9 Å². The number of methoxy groups -OCH3 is 1. The first-order valence-corrected chi connectivity index (χ1v) is 11.9. The third kappa shape index (κ3) is 4.33. The minimum atomic E-state index is -0.884. The van der Waals surface area contributed by atoms with Crippen LogP contribution in [0.4, 0.5) is 0 Å². The molecular weight excluding hydrogens is 386 g/mol. The first-order chi connectivity index (χ1) is 14.5. The van der Waals surface area contributed by atoms with Crippen LogP contribution in [0.25, 0.3) is 0 Å². The van der Waals surface area contributed by atoms with Crippen molar-refractivity contribution in [3.05, 3.63) is 34.9 Å². The maximum atomic E-state index is 14.1. The Morgan fingerprint density at radius 1 is 1.32 bits per heavy atom. The van der Waals surface area contributed by atoms with Gasteiger partial charge in [0.1, 0.15) is 0 Å². The van der Waals surface area contributed by atoms with Gasteiger partial charge in [0.15, 0.2) is 11.5 Å². The summed E-state index contributed by atoms with van der Waals surface area (Å²) in [6.07, 6.45) is 10.2. The summed E-state index contributed by atoms with van der Waals surface area (Å²) in [5.41, 5.74) is 1.88. The zero-order valence-electron chi connectivity index (χ0n) is 20.7. The van der Waals surface area contributed by atoms with Gasteiger partial charge in [-0.25, -0.2) is 0 Å². The number of rotatable bonds is 6. The van der Waals surface area contributed by atoms with Crippen LogP contribution in [0.3, 0.4) is 0 Å². The maximum Gasteiger partial charge on any atom is 0.257 e. The molecule has 31 heavy (non-hydrogen) atoms. The first-order valence-electron chi connectivity index (χ1n) is 11.9. The van der Waals surface area contributed by atoms with Crippen molar-refractivity contribution in [3.63, 3.8) is 0 Å². The Balaban J connectivity index is 2.08. The molecule has 6 atom stereocenters. The number of ketones is 1. The van der Waals surface area contributed by atoms with E-state index in [0.717, 1.165) is 19.3 Å². The van der Waals surface area contributed by atoms with E-state index in [2.05, 4.69) is 59.0 Å². The fraction of sp³-hybridized carbons (Fsp3) is 0.704. The van der Waals surface area contributed by atoms with Gasteiger partial charge in [-0.15, -0.1) is 0 Å². The molecule has 1 fully saturated rings. The Kier molecular flexibility index (Phi) is 6.72. The monoisotopic (exact) mass is 427 g/mol. The lowest BCUT2D eigenvalue weighted by Crippen LogP contribution is -2.48. The largest absolute Gasteiger partial charge is 0.355 e. The molecule has 1 saturated carbocycles. The Bertz CT molecular complexity index is 835. The molecule has 1 N–H and O–H groups in total. The Morgan fingerprint density at radius 2 is 2.00 bits per heavy atom. The number of nitrogens with one attached hydrogen (secondary N) is 1. The second-order valence-corrected chi connectivity index (χ2v) is 11.0. The highest BCUT2D eigenvalue weighted by molar-refractivity contribution is 6.22. The smallest absolute Gasteiger partial charge is 0.257 e. The summed E-state index contributed by atoms with van der Waals surface area (Å²) < 4.78 is 5.72. The molecule has 0 spiro atoms. The minimum Gasteiger partial charge on any atom is -0.355 e. The highest BCUT2D eigenvalue weighted by Crippen LogP contribution is 2.56. The van der Waals surface area contributed by atoms with Crippen molar-refractivity contribution in [2.24, 2.45) is 35.0 Å². The molecule has 1 amide bonds. The van der Waals surface area contributed by atoms with Crippen molar-refractivity contribution < 1.29 is 14.3 Å². The molecule has 3 aliphatic rings. The van der Waals surface area contributed by atoms with Gasteiger partial charge in [0, 0.05) is 25.4 Å². The summed E-state index contributed by atoms with van der Waals surface area (Å²) in [6.45, 7) is 15.2. The molecule has 1 aliphatic heterocycles. The number of allylic oxidation sites excluding steroid dienone is 4. The molecule has 4 nitrogen and oxygen atoms in total. The quantitative estimate of drug-likeness (QED) is 0.443. The molecule has 0 saturated heterocycles. The average molecular weight is 428 g/mol. The zero-order chi connectivity index (χ0) is 23.1. The second-order valence-electron chi connectivity index (χ2n) is 11.0. The van der Waals surface area contributed by atoms with E-state index in [9.17, 15) is 9.59 Å². The lowest BCUT2D eigenvalue weighted by Gasteiger charge is -2.52. The van der Waals surface area contributed by atoms with Gasteiger partial charge in [-0.3, -0.25) is 9.59 Å². The zero-order valence-corrected chi connectivity index (χ0v) is 20.7. The Hall–Kier alpha value is -1.68. The number of Topliss-reactive ketones (excluding diaryl/α,β-unsaturated/α-hetero) is 1. The van der Waals surface area contributed by atoms with E-state index >= 15 is 0 Å². The fourth-order valence-corrected chi connectivity index (χ4v) is 6.70. The molecule has 0 aromatic rings. The number of amides is 1. The van der Waals surface area contributed by atoms with E-state index in [1.807, 2.05) is 6.92 Å². The van der Waals surface area contributed by atoms with Crippen LogP contribution < -0.4 is 5.32 Å². The van der Waals surface area contributed by atoms with Gasteiger partial charge in [0.2, 0.25) is 0 Å². The van der Waals surface area contributed by atoms with Crippen LogP contribution >= 0.6 is 0 Å². The number of hydrogen-bond donors (Lipinski definition) is 1. The molecule has 2 aliphatic carbocycles. The normalized spacial score (nSPS) is 38.5. The maximum absolute atomic E-state index is 14.1. The van der Waals surface area contributed by atoms with E-state index in [0.29, 0.717) is 18.3 Å². The molecule has 0 aromatic carbocycles. The van der Waals surface area contributed by atoms with Crippen molar-refractivity contribution in [1.29, 1.82) is 0 Å². The van der Waals surface area contributed by atoms with E-state index < -0.39 is 5.72 Å². The number of carbonyl (C=O) groups is 2. The van der Waals surface area contributed by atoms with Crippen LogP contribution in [0.1, 0.15) is 74.1 Å².